The van der Waals surface area contributed by atoms with E-state index in [9.17, 15) is 5.26 Å². The summed E-state index contributed by atoms with van der Waals surface area (Å²) in [6.45, 7) is 7.42. The SMILES string of the molecule is COCCN1CCN(Cc2ccc(COc3nccc(C(C#N)c4nc5ccccc5s4)n3)cc2)CC1. The van der Waals surface area contributed by atoms with E-state index < -0.39 is 5.92 Å². The molecule has 1 fully saturated rings. The Labute approximate surface area is 221 Å². The molecule has 2 aromatic carbocycles. The van der Waals surface area contributed by atoms with Gasteiger partial charge < -0.3 is 9.47 Å². The Hall–Kier alpha value is -3.42. The lowest BCUT2D eigenvalue weighted by Gasteiger charge is -2.34. The van der Waals surface area contributed by atoms with Gasteiger partial charge in [0, 0.05) is 52.6 Å². The average molecular weight is 515 g/mol. The molecule has 2 aromatic heterocycles. The molecule has 1 aliphatic rings. The molecule has 1 atom stereocenters. The molecule has 4 aromatic rings. The van der Waals surface area contributed by atoms with Crippen LogP contribution in [-0.4, -0.2) is 71.2 Å². The zero-order valence-corrected chi connectivity index (χ0v) is 21.7. The van der Waals surface area contributed by atoms with E-state index in [0.29, 0.717) is 12.3 Å². The lowest BCUT2D eigenvalue weighted by molar-refractivity contribution is 0.0938. The second kappa shape index (κ2) is 12.2. The van der Waals surface area contributed by atoms with Crippen LogP contribution in [0.3, 0.4) is 0 Å². The van der Waals surface area contributed by atoms with Gasteiger partial charge in [0.15, 0.2) is 0 Å². The summed E-state index contributed by atoms with van der Waals surface area (Å²) in [7, 11) is 1.75. The molecule has 0 bridgehead atoms. The summed E-state index contributed by atoms with van der Waals surface area (Å²) >= 11 is 1.51. The fourth-order valence-corrected chi connectivity index (χ4v) is 5.41. The van der Waals surface area contributed by atoms with Crippen LogP contribution in [0.25, 0.3) is 10.2 Å². The molecule has 1 saturated heterocycles. The first-order chi connectivity index (χ1) is 18.2. The molecule has 9 heteroatoms. The molecular formula is C28H30N6O2S. The van der Waals surface area contributed by atoms with Crippen LogP contribution in [0.2, 0.25) is 0 Å². The summed E-state index contributed by atoms with van der Waals surface area (Å²) in [5.74, 6) is -0.566. The first kappa shape index (κ1) is 25.2. The average Bonchev–Trinajstić information content (AvgIpc) is 3.37. The number of hydrogen-bond acceptors (Lipinski definition) is 9. The number of fused-ring (bicyclic) bond motifs is 1. The summed E-state index contributed by atoms with van der Waals surface area (Å²) in [5.41, 5.74) is 3.82. The fourth-order valence-electron chi connectivity index (χ4n) is 4.38. The first-order valence-corrected chi connectivity index (χ1v) is 13.3. The van der Waals surface area contributed by atoms with Crippen LogP contribution in [0.4, 0.5) is 0 Å². The molecule has 190 valence electrons. The van der Waals surface area contributed by atoms with Crippen molar-refractivity contribution in [2.45, 2.75) is 19.1 Å². The van der Waals surface area contributed by atoms with Gasteiger partial charge in [-0.2, -0.15) is 10.2 Å². The van der Waals surface area contributed by atoms with Crippen molar-refractivity contribution in [1.29, 1.82) is 5.26 Å². The number of hydrogen-bond donors (Lipinski definition) is 0. The predicted molar refractivity (Wildman–Crippen MR) is 143 cm³/mol. The molecule has 0 amide bonds. The minimum atomic E-state index is -0.566. The largest absolute Gasteiger partial charge is 0.459 e. The maximum atomic E-state index is 9.85. The molecule has 0 saturated carbocycles. The summed E-state index contributed by atoms with van der Waals surface area (Å²) in [6, 6.07) is 20.7. The highest BCUT2D eigenvalue weighted by Gasteiger charge is 2.21. The maximum Gasteiger partial charge on any atom is 0.316 e. The quantitative estimate of drug-likeness (QED) is 0.313. The third kappa shape index (κ3) is 6.48. The number of piperazine rings is 1. The first-order valence-electron chi connectivity index (χ1n) is 12.4. The fraction of sp³-hybridized carbons (Fsp3) is 0.357. The lowest BCUT2D eigenvalue weighted by atomic mass is 10.1. The van der Waals surface area contributed by atoms with Gasteiger partial charge in [-0.25, -0.2) is 9.97 Å². The van der Waals surface area contributed by atoms with Crippen LogP contribution in [0.1, 0.15) is 27.7 Å². The van der Waals surface area contributed by atoms with Gasteiger partial charge in [0.05, 0.1) is 28.6 Å². The number of benzene rings is 2. The second-order valence-corrected chi connectivity index (χ2v) is 10.1. The smallest absolute Gasteiger partial charge is 0.316 e. The summed E-state index contributed by atoms with van der Waals surface area (Å²) in [4.78, 5) is 18.3. The number of aromatic nitrogens is 3. The van der Waals surface area contributed by atoms with Crippen LogP contribution in [0, 0.1) is 11.3 Å². The minimum absolute atomic E-state index is 0.259. The van der Waals surface area contributed by atoms with Gasteiger partial charge >= 0.3 is 6.01 Å². The Bertz CT molecular complexity index is 1310. The number of thiazole rings is 1. The lowest BCUT2D eigenvalue weighted by Crippen LogP contribution is -2.46. The van der Waals surface area contributed by atoms with Crippen molar-refractivity contribution in [2.24, 2.45) is 0 Å². The molecule has 3 heterocycles. The van der Waals surface area contributed by atoms with Crippen LogP contribution in [-0.2, 0) is 17.9 Å². The van der Waals surface area contributed by atoms with E-state index in [1.807, 2.05) is 24.3 Å². The Morgan fingerprint density at radius 3 is 2.49 bits per heavy atom. The van der Waals surface area contributed by atoms with Gasteiger partial charge in [-0.1, -0.05) is 36.4 Å². The standard InChI is InChI=1S/C28H30N6O2S/c1-35-17-16-33-12-14-34(15-13-33)19-21-6-8-22(9-7-21)20-36-28-30-11-10-24(32-28)23(18-29)27-31-25-4-2-3-5-26(25)37-27/h2-11,23H,12-17,19-20H2,1H3. The van der Waals surface area contributed by atoms with Crippen molar-refractivity contribution in [3.05, 3.63) is 82.6 Å². The highest BCUT2D eigenvalue weighted by molar-refractivity contribution is 7.18. The van der Waals surface area contributed by atoms with Gasteiger partial charge in [0.2, 0.25) is 0 Å². The zero-order valence-electron chi connectivity index (χ0n) is 20.9. The van der Waals surface area contributed by atoms with Gasteiger partial charge in [-0.3, -0.25) is 9.80 Å². The second-order valence-electron chi connectivity index (χ2n) is 9.06. The molecule has 5 rings (SSSR count). The van der Waals surface area contributed by atoms with Crippen molar-refractivity contribution >= 4 is 21.6 Å². The third-order valence-corrected chi connectivity index (χ3v) is 7.61. The molecule has 0 radical (unpaired) electrons. The van der Waals surface area contributed by atoms with Gasteiger partial charge in [0.25, 0.3) is 0 Å². The van der Waals surface area contributed by atoms with Crippen LogP contribution in [0.15, 0.2) is 60.8 Å². The molecule has 37 heavy (non-hydrogen) atoms. The summed E-state index contributed by atoms with van der Waals surface area (Å²) in [6.07, 6.45) is 1.63. The van der Waals surface area contributed by atoms with Crippen molar-refractivity contribution in [2.75, 3.05) is 46.4 Å². The molecule has 8 nitrogen and oxygen atoms in total. The zero-order chi connectivity index (χ0) is 25.5. The van der Waals surface area contributed by atoms with Crippen molar-refractivity contribution in [3.8, 4) is 12.1 Å². The van der Waals surface area contributed by atoms with Crippen molar-refractivity contribution in [1.82, 2.24) is 24.8 Å². The number of ether oxygens (including phenoxy) is 2. The number of para-hydroxylation sites is 1. The number of nitriles is 1. The molecule has 0 N–H and O–H groups in total. The predicted octanol–water partition coefficient (Wildman–Crippen LogP) is 4.08. The Morgan fingerprint density at radius 1 is 0.973 bits per heavy atom. The van der Waals surface area contributed by atoms with Crippen LogP contribution < -0.4 is 4.74 Å². The summed E-state index contributed by atoms with van der Waals surface area (Å²) in [5, 5.41) is 10.6. The Kier molecular flexibility index (Phi) is 8.33. The van der Waals surface area contributed by atoms with E-state index in [1.54, 1.807) is 19.4 Å². The van der Waals surface area contributed by atoms with E-state index in [-0.39, 0.29) is 6.01 Å². The van der Waals surface area contributed by atoms with Gasteiger partial charge in [-0.05, 0) is 29.3 Å². The monoisotopic (exact) mass is 514 g/mol. The number of nitrogens with zero attached hydrogens (tertiary/aromatic N) is 6. The number of methoxy groups -OCH3 is 1. The van der Waals surface area contributed by atoms with Gasteiger partial charge in [-0.15, -0.1) is 11.3 Å². The highest BCUT2D eigenvalue weighted by Crippen LogP contribution is 2.31. The van der Waals surface area contributed by atoms with Crippen molar-refractivity contribution < 1.29 is 9.47 Å². The molecule has 1 aliphatic heterocycles. The Morgan fingerprint density at radius 2 is 1.73 bits per heavy atom. The molecule has 0 spiro atoms. The topological polar surface area (TPSA) is 87.4 Å². The van der Waals surface area contributed by atoms with Crippen LogP contribution in [0.5, 0.6) is 6.01 Å². The Balaban J connectivity index is 1.16. The van der Waals surface area contributed by atoms with E-state index in [0.717, 1.165) is 66.7 Å². The van der Waals surface area contributed by atoms with Crippen molar-refractivity contribution in [3.63, 3.8) is 0 Å². The molecule has 1 unspecified atom stereocenters. The van der Waals surface area contributed by atoms with E-state index >= 15 is 0 Å². The van der Waals surface area contributed by atoms with E-state index in [4.69, 9.17) is 9.47 Å². The van der Waals surface area contributed by atoms with Crippen LogP contribution >= 0.6 is 11.3 Å². The minimum Gasteiger partial charge on any atom is -0.459 e. The highest BCUT2D eigenvalue weighted by atomic mass is 32.1. The van der Waals surface area contributed by atoms with E-state index in [1.165, 1.54) is 16.9 Å². The maximum absolute atomic E-state index is 9.85. The number of rotatable bonds is 10. The molecular weight excluding hydrogens is 484 g/mol. The summed E-state index contributed by atoms with van der Waals surface area (Å²) < 4.78 is 12.1. The normalized spacial score (nSPS) is 15.5. The van der Waals surface area contributed by atoms with Gasteiger partial charge in [0.1, 0.15) is 17.5 Å². The third-order valence-electron chi connectivity index (χ3n) is 6.51. The molecule has 0 aliphatic carbocycles. The van der Waals surface area contributed by atoms with E-state index in [2.05, 4.69) is 55.1 Å².